The van der Waals surface area contributed by atoms with Crippen LogP contribution in [-0.2, 0) is 11.3 Å². The molecule has 8 nitrogen and oxygen atoms in total. The highest BCUT2D eigenvalue weighted by molar-refractivity contribution is 5.91. The number of nitrogens with one attached hydrogen (secondary N) is 3. The number of carbonyl (C=O) groups excluding carboxylic acids is 2. The van der Waals surface area contributed by atoms with Crippen LogP contribution >= 0.6 is 0 Å². The molecular weight excluding hydrogens is 344 g/mol. The SMILES string of the molecule is O=C(N[C@@H]1C[C@@H]1CNC(=O)C12CCC(CC1)CC2)c1nc2n(n1)CCCN2. The molecule has 0 aromatic carbocycles. The Hall–Kier alpha value is -2.12. The molecule has 4 fully saturated rings. The van der Waals surface area contributed by atoms with Gasteiger partial charge in [-0.1, -0.05) is 0 Å². The fourth-order valence-electron chi connectivity index (χ4n) is 5.04. The number of anilines is 1. The molecule has 2 atom stereocenters. The standard InChI is InChI=1S/C19H28N6O2/c26-16(15-23-18-20-8-1-9-25(18)24-15)22-14-10-13(14)11-21-17(27)19-5-2-12(3-6-19)4-7-19/h12-14H,1-11H2,(H,21,27)(H,22,26)(H,20,23,24)/t12?,13-,14-,19?/m1/s1. The van der Waals surface area contributed by atoms with Crippen molar-refractivity contribution < 1.29 is 9.59 Å². The van der Waals surface area contributed by atoms with E-state index in [1.807, 2.05) is 0 Å². The molecule has 2 heterocycles. The predicted octanol–water partition coefficient (Wildman–Crippen LogP) is 1.30. The molecule has 0 saturated heterocycles. The first-order valence-electron chi connectivity index (χ1n) is 10.4. The van der Waals surface area contributed by atoms with Gasteiger partial charge in [0.2, 0.25) is 17.7 Å². The third kappa shape index (κ3) is 3.19. The van der Waals surface area contributed by atoms with E-state index in [1.165, 1.54) is 19.3 Å². The summed E-state index contributed by atoms with van der Waals surface area (Å²) < 4.78 is 1.75. The summed E-state index contributed by atoms with van der Waals surface area (Å²) in [5.41, 5.74) is -0.102. The molecule has 6 rings (SSSR count). The molecule has 8 heteroatoms. The zero-order chi connectivity index (χ0) is 18.4. The molecule has 27 heavy (non-hydrogen) atoms. The molecule has 4 aliphatic carbocycles. The van der Waals surface area contributed by atoms with E-state index in [2.05, 4.69) is 26.0 Å². The van der Waals surface area contributed by atoms with Crippen molar-refractivity contribution in [3.8, 4) is 0 Å². The first kappa shape index (κ1) is 17.0. The average molecular weight is 372 g/mol. The summed E-state index contributed by atoms with van der Waals surface area (Å²) in [5, 5.41) is 13.6. The summed E-state index contributed by atoms with van der Waals surface area (Å²) in [5.74, 6) is 2.11. The van der Waals surface area contributed by atoms with Gasteiger partial charge in [0.1, 0.15) is 0 Å². The van der Waals surface area contributed by atoms with Crippen LogP contribution < -0.4 is 16.0 Å². The van der Waals surface area contributed by atoms with E-state index >= 15 is 0 Å². The summed E-state index contributed by atoms with van der Waals surface area (Å²) in [6.45, 7) is 2.32. The highest BCUT2D eigenvalue weighted by Crippen LogP contribution is 2.50. The van der Waals surface area contributed by atoms with Gasteiger partial charge in [-0.25, -0.2) is 4.68 Å². The van der Waals surface area contributed by atoms with Crippen LogP contribution in [0.5, 0.6) is 0 Å². The Balaban J connectivity index is 1.10. The second kappa shape index (κ2) is 6.49. The Labute approximate surface area is 158 Å². The molecule has 0 radical (unpaired) electrons. The normalized spacial score (nSPS) is 33.7. The van der Waals surface area contributed by atoms with Gasteiger partial charge in [-0.15, -0.1) is 5.10 Å². The summed E-state index contributed by atoms with van der Waals surface area (Å²) >= 11 is 0. The van der Waals surface area contributed by atoms with Crippen LogP contribution in [0.4, 0.5) is 5.95 Å². The van der Waals surface area contributed by atoms with E-state index in [1.54, 1.807) is 4.68 Å². The molecule has 5 aliphatic rings. The molecule has 0 spiro atoms. The molecule has 4 saturated carbocycles. The van der Waals surface area contributed by atoms with Crippen LogP contribution in [0.3, 0.4) is 0 Å². The van der Waals surface area contributed by atoms with E-state index in [0.29, 0.717) is 18.4 Å². The summed E-state index contributed by atoms with van der Waals surface area (Å²) in [6.07, 6.45) is 8.71. The van der Waals surface area contributed by atoms with Gasteiger partial charge in [-0.3, -0.25) is 9.59 Å². The fraction of sp³-hybridized carbons (Fsp3) is 0.789. The van der Waals surface area contributed by atoms with Crippen molar-refractivity contribution in [3.63, 3.8) is 0 Å². The van der Waals surface area contributed by atoms with E-state index < -0.39 is 0 Å². The third-order valence-corrected chi connectivity index (χ3v) is 7.04. The maximum atomic E-state index is 12.7. The smallest absolute Gasteiger partial charge is 0.291 e. The van der Waals surface area contributed by atoms with E-state index in [-0.39, 0.29) is 29.1 Å². The van der Waals surface area contributed by atoms with Crippen LogP contribution in [0.2, 0.25) is 0 Å². The Morgan fingerprint density at radius 1 is 1.22 bits per heavy atom. The minimum atomic E-state index is -0.221. The van der Waals surface area contributed by atoms with Crippen LogP contribution in [-0.4, -0.2) is 45.7 Å². The van der Waals surface area contributed by atoms with Crippen molar-refractivity contribution in [3.05, 3.63) is 5.82 Å². The predicted molar refractivity (Wildman–Crippen MR) is 99.1 cm³/mol. The first-order valence-corrected chi connectivity index (χ1v) is 10.4. The number of nitrogens with zero attached hydrogens (tertiary/aromatic N) is 3. The lowest BCUT2D eigenvalue weighted by molar-refractivity contribution is -0.137. The van der Waals surface area contributed by atoms with Gasteiger partial charge >= 0.3 is 0 Å². The van der Waals surface area contributed by atoms with Crippen molar-refractivity contribution in [2.45, 2.75) is 64.0 Å². The Morgan fingerprint density at radius 3 is 2.74 bits per heavy atom. The number of fused-ring (bicyclic) bond motifs is 4. The second-order valence-corrected chi connectivity index (χ2v) is 8.81. The van der Waals surface area contributed by atoms with E-state index in [0.717, 1.165) is 51.1 Å². The number of hydrogen-bond acceptors (Lipinski definition) is 5. The Kier molecular flexibility index (Phi) is 4.09. The molecule has 0 unspecified atom stereocenters. The topological polar surface area (TPSA) is 101 Å². The van der Waals surface area contributed by atoms with Crippen LogP contribution in [0.15, 0.2) is 0 Å². The monoisotopic (exact) mass is 372 g/mol. The molecule has 2 bridgehead atoms. The molecule has 1 aromatic heterocycles. The highest BCUT2D eigenvalue weighted by atomic mass is 16.2. The Morgan fingerprint density at radius 2 is 2.00 bits per heavy atom. The van der Waals surface area contributed by atoms with Gasteiger partial charge in [0.25, 0.3) is 5.91 Å². The zero-order valence-corrected chi connectivity index (χ0v) is 15.7. The van der Waals surface area contributed by atoms with Crippen molar-refractivity contribution in [1.29, 1.82) is 0 Å². The van der Waals surface area contributed by atoms with Gasteiger partial charge in [-0.05, 0) is 63.2 Å². The van der Waals surface area contributed by atoms with Crippen molar-refractivity contribution in [2.24, 2.45) is 17.3 Å². The maximum Gasteiger partial charge on any atom is 0.291 e. The number of aromatic nitrogens is 3. The average Bonchev–Trinajstić information content (AvgIpc) is 3.30. The number of hydrogen-bond donors (Lipinski definition) is 3. The van der Waals surface area contributed by atoms with Gasteiger partial charge in [0, 0.05) is 31.1 Å². The molecular formula is C19H28N6O2. The lowest BCUT2D eigenvalue weighted by Crippen LogP contribution is -2.47. The molecule has 1 aliphatic heterocycles. The van der Waals surface area contributed by atoms with Gasteiger partial charge in [-0.2, -0.15) is 4.98 Å². The number of carbonyl (C=O) groups is 2. The van der Waals surface area contributed by atoms with Crippen LogP contribution in [0.1, 0.15) is 62.0 Å². The van der Waals surface area contributed by atoms with Crippen LogP contribution in [0.25, 0.3) is 0 Å². The maximum absolute atomic E-state index is 12.7. The van der Waals surface area contributed by atoms with Crippen molar-refractivity contribution >= 4 is 17.8 Å². The van der Waals surface area contributed by atoms with Gasteiger partial charge in [0.15, 0.2) is 0 Å². The zero-order valence-electron chi connectivity index (χ0n) is 15.7. The number of rotatable bonds is 5. The van der Waals surface area contributed by atoms with E-state index in [4.69, 9.17) is 0 Å². The lowest BCUT2D eigenvalue weighted by atomic mass is 9.60. The second-order valence-electron chi connectivity index (χ2n) is 8.81. The number of aryl methyl sites for hydroxylation is 1. The minimum Gasteiger partial charge on any atom is -0.355 e. The van der Waals surface area contributed by atoms with E-state index in [9.17, 15) is 9.59 Å². The van der Waals surface area contributed by atoms with Gasteiger partial charge in [0.05, 0.1) is 0 Å². The minimum absolute atomic E-state index is 0.102. The quantitative estimate of drug-likeness (QED) is 0.723. The summed E-state index contributed by atoms with van der Waals surface area (Å²) in [4.78, 5) is 29.4. The molecule has 3 N–H and O–H groups in total. The largest absolute Gasteiger partial charge is 0.355 e. The summed E-state index contributed by atoms with van der Waals surface area (Å²) in [7, 11) is 0. The number of amides is 2. The molecule has 146 valence electrons. The lowest BCUT2D eigenvalue weighted by Gasteiger charge is -2.45. The molecule has 1 aromatic rings. The Bertz CT molecular complexity index is 714. The highest BCUT2D eigenvalue weighted by Gasteiger charge is 2.46. The summed E-state index contributed by atoms with van der Waals surface area (Å²) in [6, 6.07) is 0.117. The van der Waals surface area contributed by atoms with Crippen molar-refractivity contribution in [1.82, 2.24) is 25.4 Å². The molecule has 2 amide bonds. The fourth-order valence-corrected chi connectivity index (χ4v) is 5.04. The van der Waals surface area contributed by atoms with Gasteiger partial charge < -0.3 is 16.0 Å². The van der Waals surface area contributed by atoms with Crippen LogP contribution in [0, 0.1) is 17.3 Å². The first-order chi connectivity index (χ1) is 13.1. The van der Waals surface area contributed by atoms with Crippen molar-refractivity contribution in [2.75, 3.05) is 18.4 Å². The third-order valence-electron chi connectivity index (χ3n) is 7.04.